The molecule has 1 aliphatic carbocycles. The maximum absolute atomic E-state index is 5.86. The zero-order valence-electron chi connectivity index (χ0n) is 9.02. The second-order valence-electron chi connectivity index (χ2n) is 4.53. The first-order valence-electron chi connectivity index (χ1n) is 5.58. The van der Waals surface area contributed by atoms with E-state index in [1.54, 1.807) is 23.7 Å². The van der Waals surface area contributed by atoms with Crippen molar-refractivity contribution >= 4 is 21.8 Å². The molecule has 0 bridgehead atoms. The molecule has 1 fully saturated rings. The van der Waals surface area contributed by atoms with Crippen LogP contribution in [0.15, 0.2) is 12.4 Å². The van der Waals surface area contributed by atoms with Gasteiger partial charge in [-0.1, -0.05) is 17.8 Å². The Balaban J connectivity index is 1.89. The summed E-state index contributed by atoms with van der Waals surface area (Å²) in [5.74, 6) is 0. The average Bonchev–Trinajstić information content (AvgIpc) is 2.65. The fourth-order valence-electron chi connectivity index (χ4n) is 2.25. The largest absolute Gasteiger partial charge is 0.330 e. The zero-order chi connectivity index (χ0) is 11.0. The summed E-state index contributed by atoms with van der Waals surface area (Å²) in [7, 11) is 0. The van der Waals surface area contributed by atoms with Gasteiger partial charge in [0.1, 0.15) is 0 Å². The SMILES string of the molecule is NCC1(Cc2nc3nccnc3s2)CCC1. The van der Waals surface area contributed by atoms with Crippen LogP contribution in [-0.4, -0.2) is 21.5 Å². The predicted octanol–water partition coefficient (Wildman–Crippen LogP) is 1.76. The molecule has 0 unspecified atom stereocenters. The molecule has 0 saturated heterocycles. The van der Waals surface area contributed by atoms with Crippen molar-refractivity contribution in [2.75, 3.05) is 6.54 Å². The van der Waals surface area contributed by atoms with E-state index in [-0.39, 0.29) is 0 Å². The molecule has 0 aromatic carbocycles. The van der Waals surface area contributed by atoms with E-state index in [9.17, 15) is 0 Å². The first kappa shape index (κ1) is 10.1. The van der Waals surface area contributed by atoms with Crippen LogP contribution in [0, 0.1) is 5.41 Å². The lowest BCUT2D eigenvalue weighted by molar-refractivity contribution is 0.145. The molecule has 0 aliphatic heterocycles. The van der Waals surface area contributed by atoms with Crippen LogP contribution in [0.25, 0.3) is 10.5 Å². The van der Waals surface area contributed by atoms with E-state index in [1.165, 1.54) is 19.3 Å². The normalized spacial score (nSPS) is 18.6. The Morgan fingerprint density at radius 1 is 1.31 bits per heavy atom. The Labute approximate surface area is 97.9 Å². The number of nitrogens with zero attached hydrogens (tertiary/aromatic N) is 3. The fourth-order valence-corrected chi connectivity index (χ4v) is 3.28. The lowest BCUT2D eigenvalue weighted by Gasteiger charge is -2.40. The number of rotatable bonds is 3. The molecule has 2 aromatic rings. The lowest BCUT2D eigenvalue weighted by Crippen LogP contribution is -2.39. The molecule has 2 aromatic heterocycles. The van der Waals surface area contributed by atoms with Gasteiger partial charge in [-0.15, -0.1) is 0 Å². The van der Waals surface area contributed by atoms with Gasteiger partial charge in [-0.3, -0.25) is 0 Å². The van der Waals surface area contributed by atoms with Crippen LogP contribution < -0.4 is 5.73 Å². The van der Waals surface area contributed by atoms with Crippen molar-refractivity contribution in [3.05, 3.63) is 17.4 Å². The van der Waals surface area contributed by atoms with Crippen molar-refractivity contribution in [2.24, 2.45) is 11.1 Å². The average molecular weight is 234 g/mol. The Kier molecular flexibility index (Phi) is 2.37. The van der Waals surface area contributed by atoms with Crippen LogP contribution in [-0.2, 0) is 6.42 Å². The monoisotopic (exact) mass is 234 g/mol. The van der Waals surface area contributed by atoms with Gasteiger partial charge in [0, 0.05) is 18.8 Å². The molecule has 4 nitrogen and oxygen atoms in total. The highest BCUT2D eigenvalue weighted by atomic mass is 32.1. The van der Waals surface area contributed by atoms with Crippen molar-refractivity contribution in [3.63, 3.8) is 0 Å². The molecule has 0 radical (unpaired) electrons. The van der Waals surface area contributed by atoms with Gasteiger partial charge in [-0.05, 0) is 24.8 Å². The molecule has 0 amide bonds. The van der Waals surface area contributed by atoms with Crippen LogP contribution >= 0.6 is 11.3 Å². The van der Waals surface area contributed by atoms with Gasteiger partial charge in [-0.25, -0.2) is 15.0 Å². The Hall–Kier alpha value is -1.07. The number of thiazole rings is 1. The molecule has 2 N–H and O–H groups in total. The van der Waals surface area contributed by atoms with Crippen molar-refractivity contribution in [1.29, 1.82) is 0 Å². The zero-order valence-corrected chi connectivity index (χ0v) is 9.83. The van der Waals surface area contributed by atoms with Crippen LogP contribution in [0.2, 0.25) is 0 Å². The molecule has 16 heavy (non-hydrogen) atoms. The van der Waals surface area contributed by atoms with Crippen LogP contribution in [0.3, 0.4) is 0 Å². The summed E-state index contributed by atoms with van der Waals surface area (Å²) < 4.78 is 0. The van der Waals surface area contributed by atoms with Gasteiger partial charge in [0.2, 0.25) is 0 Å². The highest BCUT2D eigenvalue weighted by molar-refractivity contribution is 7.18. The number of hydrogen-bond donors (Lipinski definition) is 1. The number of nitrogens with two attached hydrogens (primary N) is 1. The smallest absolute Gasteiger partial charge is 0.189 e. The summed E-state index contributed by atoms with van der Waals surface area (Å²) in [5, 5.41) is 1.13. The Bertz CT molecular complexity index is 465. The molecule has 0 spiro atoms. The summed E-state index contributed by atoms with van der Waals surface area (Å²) in [6, 6.07) is 0. The highest BCUT2D eigenvalue weighted by Gasteiger charge is 2.36. The third kappa shape index (κ3) is 1.60. The van der Waals surface area contributed by atoms with E-state index in [1.807, 2.05) is 0 Å². The fraction of sp³-hybridized carbons (Fsp3) is 0.545. The summed E-state index contributed by atoms with van der Waals surface area (Å²) in [6.45, 7) is 0.768. The first-order chi connectivity index (χ1) is 7.81. The summed E-state index contributed by atoms with van der Waals surface area (Å²) in [6.07, 6.45) is 8.17. The van der Waals surface area contributed by atoms with Gasteiger partial charge in [-0.2, -0.15) is 0 Å². The van der Waals surface area contributed by atoms with E-state index < -0.39 is 0 Å². The van der Waals surface area contributed by atoms with Crippen LogP contribution in [0.1, 0.15) is 24.3 Å². The summed E-state index contributed by atoms with van der Waals surface area (Å²) in [4.78, 5) is 13.9. The predicted molar refractivity (Wildman–Crippen MR) is 64.3 cm³/mol. The van der Waals surface area contributed by atoms with Gasteiger partial charge >= 0.3 is 0 Å². The van der Waals surface area contributed by atoms with Gasteiger partial charge < -0.3 is 5.73 Å². The van der Waals surface area contributed by atoms with E-state index in [0.29, 0.717) is 5.41 Å². The van der Waals surface area contributed by atoms with Crippen LogP contribution in [0.5, 0.6) is 0 Å². The minimum absolute atomic E-state index is 0.313. The highest BCUT2D eigenvalue weighted by Crippen LogP contribution is 2.43. The number of aromatic nitrogens is 3. The van der Waals surface area contributed by atoms with Crippen molar-refractivity contribution < 1.29 is 0 Å². The van der Waals surface area contributed by atoms with E-state index in [4.69, 9.17) is 5.73 Å². The molecule has 3 rings (SSSR count). The molecule has 1 saturated carbocycles. The Morgan fingerprint density at radius 2 is 2.12 bits per heavy atom. The second kappa shape index (κ2) is 3.75. The minimum Gasteiger partial charge on any atom is -0.330 e. The lowest BCUT2D eigenvalue weighted by atomic mass is 9.67. The quantitative estimate of drug-likeness (QED) is 0.878. The van der Waals surface area contributed by atoms with E-state index >= 15 is 0 Å². The van der Waals surface area contributed by atoms with E-state index in [2.05, 4.69) is 15.0 Å². The second-order valence-corrected chi connectivity index (χ2v) is 5.59. The van der Waals surface area contributed by atoms with Crippen molar-refractivity contribution in [1.82, 2.24) is 15.0 Å². The number of fused-ring (bicyclic) bond motifs is 1. The topological polar surface area (TPSA) is 64.7 Å². The molecule has 0 atom stereocenters. The maximum Gasteiger partial charge on any atom is 0.189 e. The maximum atomic E-state index is 5.86. The van der Waals surface area contributed by atoms with Crippen molar-refractivity contribution in [2.45, 2.75) is 25.7 Å². The molecule has 2 heterocycles. The minimum atomic E-state index is 0.313. The summed E-state index contributed by atoms with van der Waals surface area (Å²) >= 11 is 1.65. The molecule has 5 heteroatoms. The summed E-state index contributed by atoms with van der Waals surface area (Å²) in [5.41, 5.74) is 6.94. The standard InChI is InChI=1S/C11H14N4S/c12-7-11(2-1-3-11)6-8-15-9-10(16-8)14-5-4-13-9/h4-5H,1-3,6-7,12H2. The first-order valence-corrected chi connectivity index (χ1v) is 6.39. The van der Waals surface area contributed by atoms with Gasteiger partial charge in [0.15, 0.2) is 10.5 Å². The third-order valence-corrected chi connectivity index (χ3v) is 4.42. The molecular formula is C11H14N4S. The number of hydrogen-bond acceptors (Lipinski definition) is 5. The Morgan fingerprint density at radius 3 is 2.75 bits per heavy atom. The van der Waals surface area contributed by atoms with Gasteiger partial charge in [0.25, 0.3) is 0 Å². The third-order valence-electron chi connectivity index (χ3n) is 3.47. The van der Waals surface area contributed by atoms with Crippen molar-refractivity contribution in [3.8, 4) is 0 Å². The molecular weight excluding hydrogens is 220 g/mol. The molecule has 1 aliphatic rings. The van der Waals surface area contributed by atoms with Crippen LogP contribution in [0.4, 0.5) is 0 Å². The molecule has 84 valence electrons. The van der Waals surface area contributed by atoms with Gasteiger partial charge in [0.05, 0.1) is 5.01 Å². The van der Waals surface area contributed by atoms with E-state index in [0.717, 1.165) is 28.5 Å².